The Morgan fingerprint density at radius 1 is 1.00 bits per heavy atom. The molecule has 27 heavy (non-hydrogen) atoms. The molecule has 0 spiro atoms. The fraction of sp³-hybridized carbons (Fsp3) is 0.174. The van der Waals surface area contributed by atoms with Crippen LogP contribution >= 0.6 is 0 Å². The van der Waals surface area contributed by atoms with Crippen molar-refractivity contribution >= 4 is 23.0 Å². The van der Waals surface area contributed by atoms with E-state index in [0.29, 0.717) is 6.42 Å². The van der Waals surface area contributed by atoms with Gasteiger partial charge in [-0.3, -0.25) is 4.79 Å². The molecule has 4 nitrogen and oxygen atoms in total. The zero-order chi connectivity index (χ0) is 18.6. The fourth-order valence-electron chi connectivity index (χ4n) is 3.47. The number of fused-ring (bicyclic) bond motifs is 1. The predicted molar refractivity (Wildman–Crippen MR) is 109 cm³/mol. The lowest BCUT2D eigenvalue weighted by Gasteiger charge is -2.20. The fourth-order valence-corrected chi connectivity index (χ4v) is 3.47. The highest BCUT2D eigenvalue weighted by Crippen LogP contribution is 2.34. The average molecular weight is 358 g/mol. The number of rotatable bonds is 5. The molecule has 0 aliphatic carbocycles. The van der Waals surface area contributed by atoms with Crippen LogP contribution in [0, 0.1) is 0 Å². The second kappa shape index (κ2) is 7.54. The van der Waals surface area contributed by atoms with Crippen molar-refractivity contribution in [1.82, 2.24) is 0 Å². The van der Waals surface area contributed by atoms with Crippen molar-refractivity contribution in [3.63, 3.8) is 0 Å². The summed E-state index contributed by atoms with van der Waals surface area (Å²) in [5.41, 5.74) is 5.57. The number of hydrogen-bond acceptors (Lipinski definition) is 3. The first-order valence-electron chi connectivity index (χ1n) is 9.11. The number of para-hydroxylation sites is 1. The van der Waals surface area contributed by atoms with Crippen molar-refractivity contribution in [2.24, 2.45) is 0 Å². The van der Waals surface area contributed by atoms with E-state index in [1.165, 1.54) is 11.3 Å². The van der Waals surface area contributed by atoms with Gasteiger partial charge in [-0.15, -0.1) is 0 Å². The van der Waals surface area contributed by atoms with Crippen LogP contribution in [0.25, 0.3) is 0 Å². The highest BCUT2D eigenvalue weighted by Gasteiger charge is 2.19. The number of benzene rings is 3. The first kappa shape index (κ1) is 17.2. The molecule has 0 aromatic heterocycles. The largest absolute Gasteiger partial charge is 0.497 e. The van der Waals surface area contributed by atoms with Gasteiger partial charge in [0, 0.05) is 23.6 Å². The Bertz CT molecular complexity index is 933. The Balaban J connectivity index is 1.40. The zero-order valence-electron chi connectivity index (χ0n) is 15.3. The van der Waals surface area contributed by atoms with Gasteiger partial charge in [0.15, 0.2) is 0 Å². The van der Waals surface area contributed by atoms with Crippen LogP contribution in [0.1, 0.15) is 11.1 Å². The molecule has 136 valence electrons. The molecule has 0 bridgehead atoms. The molecule has 0 radical (unpaired) electrons. The monoisotopic (exact) mass is 358 g/mol. The normalized spacial score (nSPS) is 12.6. The van der Waals surface area contributed by atoms with E-state index in [1.807, 2.05) is 36.4 Å². The van der Waals surface area contributed by atoms with E-state index in [4.69, 9.17) is 4.74 Å². The number of nitrogens with zero attached hydrogens (tertiary/aromatic N) is 1. The van der Waals surface area contributed by atoms with Gasteiger partial charge >= 0.3 is 0 Å². The van der Waals surface area contributed by atoms with E-state index in [0.717, 1.165) is 35.7 Å². The molecule has 3 aromatic carbocycles. The van der Waals surface area contributed by atoms with Crippen LogP contribution in [-0.4, -0.2) is 19.6 Å². The summed E-state index contributed by atoms with van der Waals surface area (Å²) in [6.07, 6.45) is 1.40. The highest BCUT2D eigenvalue weighted by molar-refractivity contribution is 5.92. The first-order valence-corrected chi connectivity index (χ1v) is 9.11. The Kier molecular flexibility index (Phi) is 4.79. The number of carbonyl (C=O) groups is 1. The summed E-state index contributed by atoms with van der Waals surface area (Å²) in [4.78, 5) is 14.6. The van der Waals surface area contributed by atoms with Crippen LogP contribution in [0.3, 0.4) is 0 Å². The summed E-state index contributed by atoms with van der Waals surface area (Å²) in [7, 11) is 1.63. The van der Waals surface area contributed by atoms with Gasteiger partial charge in [-0.25, -0.2) is 0 Å². The van der Waals surface area contributed by atoms with Crippen LogP contribution in [0.4, 0.5) is 17.1 Å². The standard InChI is InChI=1S/C23H22N2O2/c1-27-21-12-6-17(7-13-21)16-23(26)24-19-8-10-20(11-9-19)25-15-14-18-4-2-3-5-22(18)25/h2-13H,14-16H2,1H3,(H,24,26). The number of nitrogens with one attached hydrogen (secondary N) is 1. The maximum absolute atomic E-state index is 12.3. The van der Waals surface area contributed by atoms with Gasteiger partial charge < -0.3 is 15.0 Å². The lowest BCUT2D eigenvalue weighted by molar-refractivity contribution is -0.115. The minimum atomic E-state index is -0.0283. The highest BCUT2D eigenvalue weighted by atomic mass is 16.5. The SMILES string of the molecule is COc1ccc(CC(=O)Nc2ccc(N3CCc4ccccc43)cc2)cc1. The average Bonchev–Trinajstić information content (AvgIpc) is 3.13. The van der Waals surface area contributed by atoms with E-state index in [1.54, 1.807) is 7.11 Å². The van der Waals surface area contributed by atoms with E-state index in [9.17, 15) is 4.79 Å². The quantitative estimate of drug-likeness (QED) is 0.726. The summed E-state index contributed by atoms with van der Waals surface area (Å²) >= 11 is 0. The number of hydrogen-bond donors (Lipinski definition) is 1. The summed E-state index contributed by atoms with van der Waals surface area (Å²) in [5, 5.41) is 2.97. The summed E-state index contributed by atoms with van der Waals surface area (Å²) < 4.78 is 5.14. The van der Waals surface area contributed by atoms with Crippen LogP contribution < -0.4 is 15.0 Å². The Morgan fingerprint density at radius 2 is 1.74 bits per heavy atom. The number of amides is 1. The molecule has 0 atom stereocenters. The van der Waals surface area contributed by atoms with Gasteiger partial charge in [0.25, 0.3) is 0 Å². The maximum Gasteiger partial charge on any atom is 0.228 e. The number of methoxy groups -OCH3 is 1. The van der Waals surface area contributed by atoms with Gasteiger partial charge in [0.1, 0.15) is 5.75 Å². The van der Waals surface area contributed by atoms with Crippen molar-refractivity contribution in [3.8, 4) is 5.75 Å². The summed E-state index contributed by atoms with van der Waals surface area (Å²) in [6.45, 7) is 0.989. The number of ether oxygens (including phenoxy) is 1. The lowest BCUT2D eigenvalue weighted by Crippen LogP contribution is -2.15. The molecule has 0 saturated heterocycles. The third-order valence-electron chi connectivity index (χ3n) is 4.87. The molecule has 1 N–H and O–H groups in total. The lowest BCUT2D eigenvalue weighted by atomic mass is 10.1. The molecule has 1 aliphatic rings. The van der Waals surface area contributed by atoms with Crippen LogP contribution in [0.15, 0.2) is 72.8 Å². The Hall–Kier alpha value is -3.27. The third-order valence-corrected chi connectivity index (χ3v) is 4.87. The van der Waals surface area contributed by atoms with Crippen molar-refractivity contribution in [1.29, 1.82) is 0 Å². The van der Waals surface area contributed by atoms with E-state index < -0.39 is 0 Å². The van der Waals surface area contributed by atoms with E-state index in [2.05, 4.69) is 46.6 Å². The van der Waals surface area contributed by atoms with Gasteiger partial charge in [-0.1, -0.05) is 30.3 Å². The van der Waals surface area contributed by atoms with Crippen LogP contribution in [0.2, 0.25) is 0 Å². The van der Waals surface area contributed by atoms with Crippen LogP contribution in [0.5, 0.6) is 5.75 Å². The van der Waals surface area contributed by atoms with Crippen molar-refractivity contribution < 1.29 is 9.53 Å². The Labute approximate surface area is 159 Å². The van der Waals surface area contributed by atoms with Gasteiger partial charge in [-0.05, 0) is 60.0 Å². The Morgan fingerprint density at radius 3 is 2.48 bits per heavy atom. The maximum atomic E-state index is 12.3. The molecule has 1 amide bonds. The summed E-state index contributed by atoms with van der Waals surface area (Å²) in [5.74, 6) is 0.762. The zero-order valence-corrected chi connectivity index (χ0v) is 15.3. The van der Waals surface area contributed by atoms with E-state index in [-0.39, 0.29) is 5.91 Å². The smallest absolute Gasteiger partial charge is 0.228 e. The number of anilines is 3. The molecule has 3 aromatic rings. The first-order chi connectivity index (χ1) is 13.2. The second-order valence-corrected chi connectivity index (χ2v) is 6.65. The van der Waals surface area contributed by atoms with Gasteiger partial charge in [0.05, 0.1) is 13.5 Å². The molecule has 0 fully saturated rings. The molecule has 1 heterocycles. The minimum absolute atomic E-state index is 0.0283. The minimum Gasteiger partial charge on any atom is -0.497 e. The predicted octanol–water partition coefficient (Wildman–Crippen LogP) is 4.57. The van der Waals surface area contributed by atoms with Gasteiger partial charge in [-0.2, -0.15) is 0 Å². The van der Waals surface area contributed by atoms with Crippen molar-refractivity contribution in [3.05, 3.63) is 83.9 Å². The molecule has 1 aliphatic heterocycles. The topological polar surface area (TPSA) is 41.6 Å². The summed E-state index contributed by atoms with van der Waals surface area (Å²) in [6, 6.07) is 24.1. The van der Waals surface area contributed by atoms with Gasteiger partial charge in [0.2, 0.25) is 5.91 Å². The molecule has 0 saturated carbocycles. The molecule has 0 unspecified atom stereocenters. The molecular weight excluding hydrogens is 336 g/mol. The van der Waals surface area contributed by atoms with Crippen molar-refractivity contribution in [2.45, 2.75) is 12.8 Å². The van der Waals surface area contributed by atoms with Crippen molar-refractivity contribution in [2.75, 3.05) is 23.9 Å². The second-order valence-electron chi connectivity index (χ2n) is 6.65. The van der Waals surface area contributed by atoms with Crippen LogP contribution in [-0.2, 0) is 17.6 Å². The molecule has 4 heteroatoms. The third kappa shape index (κ3) is 3.80. The number of carbonyl (C=O) groups excluding carboxylic acids is 1. The van der Waals surface area contributed by atoms with E-state index >= 15 is 0 Å². The molecular formula is C23H22N2O2. The molecule has 4 rings (SSSR count).